The molecule has 0 aromatic carbocycles. The Bertz CT molecular complexity index is 365. The number of aryl methyl sites for hydroxylation is 1. The Labute approximate surface area is 107 Å². The molecular weight excluding hydrogens is 232 g/mol. The topological polar surface area (TPSA) is 44.5 Å². The third kappa shape index (κ3) is 2.69. The lowest BCUT2D eigenvalue weighted by Gasteiger charge is -2.41. The number of hydrogen-bond acceptors (Lipinski definition) is 5. The van der Waals surface area contributed by atoms with Gasteiger partial charge in [0.2, 0.25) is 0 Å². The molecule has 5 heteroatoms. The Kier molecular flexibility index (Phi) is 4.17. The third-order valence-corrected chi connectivity index (χ3v) is 4.75. The van der Waals surface area contributed by atoms with Gasteiger partial charge < -0.3 is 4.90 Å². The molecule has 4 nitrogen and oxygen atoms in total. The van der Waals surface area contributed by atoms with Gasteiger partial charge in [-0.3, -0.25) is 16.2 Å². The molecule has 2 atom stereocenters. The normalized spacial score (nSPS) is 25.1. The summed E-state index contributed by atoms with van der Waals surface area (Å²) < 4.78 is 0. The highest BCUT2D eigenvalue weighted by atomic mass is 32.1. The molecule has 1 fully saturated rings. The highest BCUT2D eigenvalue weighted by Crippen LogP contribution is 2.29. The van der Waals surface area contributed by atoms with Gasteiger partial charge in [0.1, 0.15) is 0 Å². The summed E-state index contributed by atoms with van der Waals surface area (Å²) in [6, 6.07) is 2.83. The van der Waals surface area contributed by atoms with E-state index in [4.69, 9.17) is 5.84 Å². The van der Waals surface area contributed by atoms with E-state index in [0.717, 1.165) is 19.6 Å². The number of nitrogens with one attached hydrogen (secondary N) is 1. The molecule has 17 heavy (non-hydrogen) atoms. The zero-order valence-electron chi connectivity index (χ0n) is 10.8. The van der Waals surface area contributed by atoms with Crippen LogP contribution in [0.3, 0.4) is 0 Å². The Morgan fingerprint density at radius 2 is 2.24 bits per heavy atom. The number of likely N-dealkylation sites (N-methyl/N-ethyl adjacent to an activating group) is 2. The standard InChI is InChI=1S/C12H22N4S/c1-9-4-7-17-12(9)11(14-13)10-8-15(2)5-6-16(10)3/h4,7,10-11,14H,5-6,8,13H2,1-3H3. The maximum Gasteiger partial charge on any atom is 0.0723 e. The summed E-state index contributed by atoms with van der Waals surface area (Å²) in [7, 11) is 4.36. The fourth-order valence-electron chi connectivity index (χ4n) is 2.47. The van der Waals surface area contributed by atoms with Crippen LogP contribution in [0.5, 0.6) is 0 Å². The van der Waals surface area contributed by atoms with E-state index >= 15 is 0 Å². The minimum atomic E-state index is 0.225. The molecule has 96 valence electrons. The van der Waals surface area contributed by atoms with Crippen LogP contribution >= 0.6 is 11.3 Å². The molecule has 0 amide bonds. The van der Waals surface area contributed by atoms with Crippen LogP contribution in [0.1, 0.15) is 16.5 Å². The number of nitrogens with zero attached hydrogens (tertiary/aromatic N) is 2. The lowest BCUT2D eigenvalue weighted by molar-refractivity contribution is 0.0884. The Morgan fingerprint density at radius 3 is 2.82 bits per heavy atom. The molecule has 2 rings (SSSR count). The lowest BCUT2D eigenvalue weighted by atomic mass is 10.0. The van der Waals surface area contributed by atoms with Gasteiger partial charge in [-0.15, -0.1) is 11.3 Å². The van der Waals surface area contributed by atoms with Gasteiger partial charge in [0.25, 0.3) is 0 Å². The van der Waals surface area contributed by atoms with Crippen LogP contribution in [0.2, 0.25) is 0 Å². The van der Waals surface area contributed by atoms with E-state index in [0.29, 0.717) is 6.04 Å². The first-order valence-corrected chi connectivity index (χ1v) is 6.90. The van der Waals surface area contributed by atoms with E-state index in [9.17, 15) is 0 Å². The average Bonchev–Trinajstić information content (AvgIpc) is 2.71. The molecule has 0 aliphatic carbocycles. The van der Waals surface area contributed by atoms with Crippen molar-refractivity contribution in [3.8, 4) is 0 Å². The van der Waals surface area contributed by atoms with Gasteiger partial charge >= 0.3 is 0 Å². The van der Waals surface area contributed by atoms with Crippen molar-refractivity contribution in [3.05, 3.63) is 21.9 Å². The van der Waals surface area contributed by atoms with Crippen LogP contribution in [0.4, 0.5) is 0 Å². The van der Waals surface area contributed by atoms with Gasteiger partial charge in [-0.2, -0.15) is 0 Å². The number of piperazine rings is 1. The molecule has 0 saturated carbocycles. The largest absolute Gasteiger partial charge is 0.303 e. The minimum Gasteiger partial charge on any atom is -0.303 e. The molecule has 2 unspecified atom stereocenters. The quantitative estimate of drug-likeness (QED) is 0.619. The van der Waals surface area contributed by atoms with Crippen molar-refractivity contribution in [1.82, 2.24) is 15.2 Å². The van der Waals surface area contributed by atoms with Crippen LogP contribution in [0.25, 0.3) is 0 Å². The molecule has 0 spiro atoms. The average molecular weight is 254 g/mol. The zero-order chi connectivity index (χ0) is 12.4. The third-order valence-electron chi connectivity index (χ3n) is 3.65. The van der Waals surface area contributed by atoms with Crippen molar-refractivity contribution in [2.45, 2.75) is 19.0 Å². The molecule has 0 radical (unpaired) electrons. The summed E-state index contributed by atoms with van der Waals surface area (Å²) in [6.45, 7) is 5.45. The second kappa shape index (κ2) is 5.46. The Hall–Kier alpha value is -0.460. The summed E-state index contributed by atoms with van der Waals surface area (Å²) in [5.41, 5.74) is 4.34. The fourth-order valence-corrected chi connectivity index (χ4v) is 3.51. The van der Waals surface area contributed by atoms with Gasteiger partial charge in [0.15, 0.2) is 0 Å². The van der Waals surface area contributed by atoms with Crippen LogP contribution in [-0.4, -0.2) is 49.6 Å². The molecule has 1 aromatic rings. The first kappa shape index (κ1) is 13.0. The first-order chi connectivity index (χ1) is 8.13. The highest BCUT2D eigenvalue weighted by molar-refractivity contribution is 7.10. The van der Waals surface area contributed by atoms with Gasteiger partial charge in [-0.05, 0) is 38.0 Å². The smallest absolute Gasteiger partial charge is 0.0723 e. The van der Waals surface area contributed by atoms with Crippen LogP contribution in [-0.2, 0) is 0 Å². The second-order valence-corrected chi connectivity index (χ2v) is 5.87. The van der Waals surface area contributed by atoms with Crippen molar-refractivity contribution in [2.75, 3.05) is 33.7 Å². The zero-order valence-corrected chi connectivity index (χ0v) is 11.6. The number of hydrazine groups is 1. The van der Waals surface area contributed by atoms with Crippen molar-refractivity contribution in [1.29, 1.82) is 0 Å². The van der Waals surface area contributed by atoms with Crippen LogP contribution < -0.4 is 11.3 Å². The maximum atomic E-state index is 5.78. The van der Waals surface area contributed by atoms with Gasteiger partial charge in [-0.25, -0.2) is 0 Å². The van der Waals surface area contributed by atoms with Gasteiger partial charge in [-0.1, -0.05) is 0 Å². The van der Waals surface area contributed by atoms with Crippen molar-refractivity contribution >= 4 is 11.3 Å². The number of nitrogens with two attached hydrogens (primary N) is 1. The van der Waals surface area contributed by atoms with Gasteiger partial charge in [0.05, 0.1) is 6.04 Å². The maximum absolute atomic E-state index is 5.78. The molecule has 3 N–H and O–H groups in total. The van der Waals surface area contributed by atoms with Crippen LogP contribution in [0.15, 0.2) is 11.4 Å². The molecule has 1 aliphatic heterocycles. The molecule has 0 bridgehead atoms. The molecule has 1 saturated heterocycles. The predicted octanol–water partition coefficient (Wildman–Crippen LogP) is 0.807. The molecule has 1 aliphatic rings. The van der Waals surface area contributed by atoms with E-state index in [1.807, 2.05) is 0 Å². The summed E-state index contributed by atoms with van der Waals surface area (Å²) in [6.07, 6.45) is 0. The van der Waals surface area contributed by atoms with E-state index in [1.165, 1.54) is 10.4 Å². The second-order valence-electron chi connectivity index (χ2n) is 4.92. The van der Waals surface area contributed by atoms with Crippen molar-refractivity contribution in [3.63, 3.8) is 0 Å². The minimum absolute atomic E-state index is 0.225. The monoisotopic (exact) mass is 254 g/mol. The predicted molar refractivity (Wildman–Crippen MR) is 73.0 cm³/mol. The summed E-state index contributed by atoms with van der Waals surface area (Å²) in [5.74, 6) is 5.78. The Balaban J connectivity index is 2.20. The summed E-state index contributed by atoms with van der Waals surface area (Å²) >= 11 is 1.79. The van der Waals surface area contributed by atoms with Gasteiger partial charge in [0, 0.05) is 30.6 Å². The van der Waals surface area contributed by atoms with Crippen molar-refractivity contribution in [2.24, 2.45) is 5.84 Å². The fraction of sp³-hybridized carbons (Fsp3) is 0.667. The first-order valence-electron chi connectivity index (χ1n) is 6.02. The van der Waals surface area contributed by atoms with E-state index in [2.05, 4.69) is 47.7 Å². The van der Waals surface area contributed by atoms with Crippen molar-refractivity contribution < 1.29 is 0 Å². The lowest BCUT2D eigenvalue weighted by Crippen LogP contribution is -2.56. The molecule has 2 heterocycles. The number of thiophene rings is 1. The molecule has 1 aromatic heterocycles. The molecular formula is C12H22N4S. The number of hydrogen-bond donors (Lipinski definition) is 2. The summed E-state index contributed by atoms with van der Waals surface area (Å²) in [5, 5.41) is 2.14. The van der Waals surface area contributed by atoms with E-state index < -0.39 is 0 Å². The summed E-state index contributed by atoms with van der Waals surface area (Å²) in [4.78, 5) is 6.14. The number of rotatable bonds is 3. The Morgan fingerprint density at radius 1 is 1.47 bits per heavy atom. The van der Waals surface area contributed by atoms with E-state index in [1.54, 1.807) is 11.3 Å². The van der Waals surface area contributed by atoms with Crippen LogP contribution in [0, 0.1) is 6.92 Å². The van der Waals surface area contributed by atoms with E-state index in [-0.39, 0.29) is 6.04 Å². The highest BCUT2D eigenvalue weighted by Gasteiger charge is 2.31. The SMILES string of the molecule is Cc1ccsc1C(NN)C1CN(C)CCN1C.